The highest BCUT2D eigenvalue weighted by molar-refractivity contribution is 6.76. The SMILES string of the molecule is COCCCc1cc(F)c2c(c1)CC[C@@H]2Nc1nc2c(cc1Cl)nc(O[C@@H]1CO[C@H]3[C@@H]1OC[C@H]3O)n2COCC[Si](C)(C)C. The number of aromatic nitrogens is 3. The van der Waals surface area contributed by atoms with Crippen LogP contribution < -0.4 is 10.1 Å². The number of hydrogen-bond acceptors (Lipinski definition) is 9. The predicted octanol–water partition coefficient (Wildman–Crippen LogP) is 5.12. The van der Waals surface area contributed by atoms with Crippen molar-refractivity contribution in [1.82, 2.24) is 14.5 Å². The number of nitrogens with one attached hydrogen (secondary N) is 1. The van der Waals surface area contributed by atoms with E-state index in [2.05, 4.69) is 31.0 Å². The number of methoxy groups -OCH3 is 1. The van der Waals surface area contributed by atoms with Crippen LogP contribution in [-0.4, -0.2) is 85.7 Å². The molecular formula is C31H42ClFN4O6Si. The van der Waals surface area contributed by atoms with E-state index >= 15 is 4.39 Å². The summed E-state index contributed by atoms with van der Waals surface area (Å²) in [5.74, 6) is 0.233. The van der Waals surface area contributed by atoms with Gasteiger partial charge in [-0.1, -0.05) is 37.3 Å². The number of nitrogens with zero attached hydrogens (tertiary/aromatic N) is 3. The number of imidazole rings is 1. The summed E-state index contributed by atoms with van der Waals surface area (Å²) in [5.41, 5.74) is 3.75. The van der Waals surface area contributed by atoms with Crippen molar-refractivity contribution < 1.29 is 33.2 Å². The Labute approximate surface area is 263 Å². The molecule has 44 heavy (non-hydrogen) atoms. The Morgan fingerprint density at radius 1 is 1.14 bits per heavy atom. The van der Waals surface area contributed by atoms with E-state index in [0.717, 1.165) is 42.9 Å². The summed E-state index contributed by atoms with van der Waals surface area (Å²) in [6.07, 6.45) is 1.18. The zero-order valence-electron chi connectivity index (χ0n) is 25.8. The molecule has 2 aliphatic heterocycles. The number of aliphatic hydroxyl groups excluding tert-OH is 1. The highest BCUT2D eigenvalue weighted by atomic mass is 35.5. The lowest BCUT2D eigenvalue weighted by Gasteiger charge is -2.19. The molecule has 2 N–H and O–H groups in total. The molecule has 6 rings (SSSR count). The van der Waals surface area contributed by atoms with Gasteiger partial charge in [-0.15, -0.1) is 0 Å². The maximum atomic E-state index is 15.4. The van der Waals surface area contributed by atoms with Gasteiger partial charge in [0.2, 0.25) is 0 Å². The van der Waals surface area contributed by atoms with Crippen molar-refractivity contribution in [2.75, 3.05) is 38.9 Å². The third-order valence-electron chi connectivity index (χ3n) is 8.55. The Bertz CT molecular complexity index is 1490. The molecule has 3 aliphatic rings. The number of ether oxygens (including phenoxy) is 5. The summed E-state index contributed by atoms with van der Waals surface area (Å²) >= 11 is 6.73. The summed E-state index contributed by atoms with van der Waals surface area (Å²) in [4.78, 5) is 9.59. The first-order chi connectivity index (χ1) is 21.1. The van der Waals surface area contributed by atoms with E-state index in [1.54, 1.807) is 23.8 Å². The normalized spacial score (nSPS) is 24.7. The smallest absolute Gasteiger partial charge is 0.301 e. The van der Waals surface area contributed by atoms with Crippen LogP contribution in [0.4, 0.5) is 10.2 Å². The van der Waals surface area contributed by atoms with Gasteiger partial charge in [0.05, 0.1) is 24.3 Å². The number of aryl methyl sites for hydroxylation is 2. The molecule has 3 aromatic rings. The predicted molar refractivity (Wildman–Crippen MR) is 168 cm³/mol. The lowest BCUT2D eigenvalue weighted by Crippen LogP contribution is -2.35. The van der Waals surface area contributed by atoms with Gasteiger partial charge in [-0.25, -0.2) is 9.37 Å². The number of rotatable bonds is 13. The van der Waals surface area contributed by atoms with Gasteiger partial charge in [0.25, 0.3) is 0 Å². The molecule has 4 heterocycles. The van der Waals surface area contributed by atoms with E-state index in [1.807, 2.05) is 0 Å². The van der Waals surface area contributed by atoms with Gasteiger partial charge in [-0.05, 0) is 55.0 Å². The molecule has 1 aliphatic carbocycles. The number of halogens is 2. The zero-order valence-corrected chi connectivity index (χ0v) is 27.5. The first kappa shape index (κ1) is 31.7. The topological polar surface area (TPSA) is 109 Å². The largest absolute Gasteiger partial charge is 0.456 e. The van der Waals surface area contributed by atoms with E-state index in [-0.39, 0.29) is 31.8 Å². The van der Waals surface area contributed by atoms with Gasteiger partial charge < -0.3 is 34.1 Å². The first-order valence-electron chi connectivity index (χ1n) is 15.4. The summed E-state index contributed by atoms with van der Waals surface area (Å²) in [6, 6.07) is 6.54. The number of hydrogen-bond donors (Lipinski definition) is 2. The van der Waals surface area contributed by atoms with Crippen LogP contribution in [0.3, 0.4) is 0 Å². The maximum Gasteiger partial charge on any atom is 0.301 e. The molecule has 13 heteroatoms. The molecule has 0 amide bonds. The number of fused-ring (bicyclic) bond motifs is 3. The van der Waals surface area contributed by atoms with Crippen molar-refractivity contribution >= 4 is 36.7 Å². The van der Waals surface area contributed by atoms with Crippen LogP contribution in [0.5, 0.6) is 6.01 Å². The standard InChI is InChI=1S/C31H42ClFN4O6Si/c1-39-9-5-6-18-12-19-7-8-22(26(19)21(33)13-18)34-29-20(32)14-23-30(36-29)37(17-40-10-11-44(2,3)4)31(35-23)43-25-16-42-27-24(38)15-41-28(25)27/h12-14,22,24-25,27-28,38H,5-11,15-17H2,1-4H3,(H,34,36)/t22-,24+,25+,27+,28+/m0/s1. The van der Waals surface area contributed by atoms with Crippen molar-refractivity contribution in [3.8, 4) is 6.01 Å². The number of anilines is 1. The minimum absolute atomic E-state index is 0.183. The van der Waals surface area contributed by atoms with Gasteiger partial charge in [-0.2, -0.15) is 4.98 Å². The van der Waals surface area contributed by atoms with Gasteiger partial charge >= 0.3 is 6.01 Å². The Morgan fingerprint density at radius 3 is 2.75 bits per heavy atom. The molecule has 240 valence electrons. The molecule has 1 aromatic carbocycles. The highest BCUT2D eigenvalue weighted by Gasteiger charge is 2.49. The lowest BCUT2D eigenvalue weighted by atomic mass is 10.0. The molecule has 0 bridgehead atoms. The Kier molecular flexibility index (Phi) is 9.49. The second-order valence-electron chi connectivity index (χ2n) is 13.1. The van der Waals surface area contributed by atoms with Gasteiger partial charge in [-0.3, -0.25) is 4.57 Å². The highest BCUT2D eigenvalue weighted by Crippen LogP contribution is 2.39. The van der Waals surface area contributed by atoms with Crippen molar-refractivity contribution in [1.29, 1.82) is 0 Å². The van der Waals surface area contributed by atoms with Crippen LogP contribution in [0, 0.1) is 5.82 Å². The fourth-order valence-electron chi connectivity index (χ4n) is 6.18. The van der Waals surface area contributed by atoms with Gasteiger partial charge in [0, 0.05) is 34.0 Å². The third-order valence-corrected chi connectivity index (χ3v) is 10.5. The van der Waals surface area contributed by atoms with E-state index in [1.165, 1.54) is 0 Å². The zero-order chi connectivity index (χ0) is 31.0. The van der Waals surface area contributed by atoms with Crippen molar-refractivity contribution in [2.45, 2.75) is 88.6 Å². The third kappa shape index (κ3) is 6.76. The lowest BCUT2D eigenvalue weighted by molar-refractivity contribution is 0.00336. The molecule has 2 aromatic heterocycles. The molecule has 0 saturated carbocycles. The van der Waals surface area contributed by atoms with Crippen molar-refractivity contribution in [3.05, 3.63) is 45.7 Å². The molecule has 10 nitrogen and oxygen atoms in total. The monoisotopic (exact) mass is 648 g/mol. The van der Waals surface area contributed by atoms with Gasteiger partial charge in [0.15, 0.2) is 11.8 Å². The first-order valence-corrected chi connectivity index (χ1v) is 19.5. The van der Waals surface area contributed by atoms with Gasteiger partial charge in [0.1, 0.15) is 42.2 Å². The van der Waals surface area contributed by atoms with Crippen LogP contribution in [-0.2, 0) is 38.5 Å². The molecule has 5 atom stereocenters. The summed E-state index contributed by atoms with van der Waals surface area (Å²) in [5, 5.41) is 14.0. The Balaban J connectivity index is 1.26. The Morgan fingerprint density at radius 2 is 1.95 bits per heavy atom. The second-order valence-corrected chi connectivity index (χ2v) is 19.2. The number of aliphatic hydroxyl groups is 1. The average molecular weight is 649 g/mol. The fourth-order valence-corrected chi connectivity index (χ4v) is 7.14. The molecule has 0 radical (unpaired) electrons. The number of pyridine rings is 1. The Hall–Kier alpha value is -2.32. The summed E-state index contributed by atoms with van der Waals surface area (Å²) in [7, 11) is 0.377. The van der Waals surface area contributed by atoms with Crippen LogP contribution >= 0.6 is 11.6 Å². The van der Waals surface area contributed by atoms with Crippen LogP contribution in [0.25, 0.3) is 11.2 Å². The van der Waals surface area contributed by atoms with Crippen molar-refractivity contribution in [3.63, 3.8) is 0 Å². The molecular weight excluding hydrogens is 607 g/mol. The molecule has 0 spiro atoms. The summed E-state index contributed by atoms with van der Waals surface area (Å²) < 4.78 is 46.3. The van der Waals surface area contributed by atoms with E-state index < -0.39 is 32.5 Å². The maximum absolute atomic E-state index is 15.4. The fraction of sp³-hybridized carbons (Fsp3) is 0.613. The average Bonchev–Trinajstić information content (AvgIpc) is 3.72. The number of benzene rings is 1. The summed E-state index contributed by atoms with van der Waals surface area (Å²) in [6.45, 7) is 8.82. The van der Waals surface area contributed by atoms with Crippen LogP contribution in [0.15, 0.2) is 18.2 Å². The molecule has 2 fully saturated rings. The minimum atomic E-state index is -1.30. The molecule has 2 saturated heterocycles. The van der Waals surface area contributed by atoms with Crippen LogP contribution in [0.1, 0.15) is 35.6 Å². The van der Waals surface area contributed by atoms with E-state index in [4.69, 9.17) is 45.3 Å². The minimum Gasteiger partial charge on any atom is -0.456 e. The second kappa shape index (κ2) is 13.2. The van der Waals surface area contributed by atoms with Crippen molar-refractivity contribution in [2.24, 2.45) is 0 Å². The van der Waals surface area contributed by atoms with E-state index in [0.29, 0.717) is 46.8 Å². The van der Waals surface area contributed by atoms with E-state index in [9.17, 15) is 5.11 Å². The molecule has 0 unspecified atom stereocenters. The van der Waals surface area contributed by atoms with Crippen LogP contribution in [0.2, 0.25) is 30.7 Å². The quantitative estimate of drug-likeness (QED) is 0.193.